The first kappa shape index (κ1) is 14.2. The Morgan fingerprint density at radius 2 is 1.82 bits per heavy atom. The Morgan fingerprint density at radius 1 is 1.09 bits per heavy atom. The van der Waals surface area contributed by atoms with Crippen molar-refractivity contribution in [2.75, 3.05) is 18.6 Å². The van der Waals surface area contributed by atoms with Gasteiger partial charge in [-0.25, -0.2) is 0 Å². The molecule has 0 amide bonds. The molecular formula is C15H15N5OS. The molecule has 7 heteroatoms. The monoisotopic (exact) mass is 313 g/mol. The Balaban J connectivity index is 2.26. The molecule has 0 unspecified atom stereocenters. The highest BCUT2D eigenvalue weighted by atomic mass is 32.1. The van der Waals surface area contributed by atoms with Crippen molar-refractivity contribution in [3.63, 3.8) is 0 Å². The SMILES string of the molecule is COc1cc2c(cc1N)-c1ccc(N)cc1/C2=N/NC(N)=S. The van der Waals surface area contributed by atoms with Crippen LogP contribution in [-0.2, 0) is 0 Å². The highest BCUT2D eigenvalue weighted by molar-refractivity contribution is 7.80. The number of hydrogen-bond acceptors (Lipinski definition) is 5. The van der Waals surface area contributed by atoms with Crippen LogP contribution >= 0.6 is 12.2 Å². The molecule has 0 saturated carbocycles. The van der Waals surface area contributed by atoms with Crippen LogP contribution in [-0.4, -0.2) is 17.9 Å². The second-order valence-electron chi connectivity index (χ2n) is 4.88. The third-order valence-electron chi connectivity index (χ3n) is 3.49. The summed E-state index contributed by atoms with van der Waals surface area (Å²) < 4.78 is 5.29. The molecule has 0 aliphatic heterocycles. The van der Waals surface area contributed by atoms with Gasteiger partial charge in [-0.2, -0.15) is 5.10 Å². The maximum absolute atomic E-state index is 6.01. The highest BCUT2D eigenvalue weighted by Crippen LogP contribution is 2.41. The van der Waals surface area contributed by atoms with Crippen molar-refractivity contribution >= 4 is 34.4 Å². The third-order valence-corrected chi connectivity index (χ3v) is 3.58. The molecule has 1 aliphatic carbocycles. The number of anilines is 2. The fraction of sp³-hybridized carbons (Fsp3) is 0.0667. The number of hydrogen-bond donors (Lipinski definition) is 4. The zero-order chi connectivity index (χ0) is 15.9. The lowest BCUT2D eigenvalue weighted by atomic mass is 10.0. The topological polar surface area (TPSA) is 112 Å². The summed E-state index contributed by atoms with van der Waals surface area (Å²) in [7, 11) is 1.57. The normalized spacial score (nSPS) is 13.6. The number of fused-ring (bicyclic) bond motifs is 3. The predicted octanol–water partition coefficient (Wildman–Crippen LogP) is 1.43. The third kappa shape index (κ3) is 2.21. The van der Waals surface area contributed by atoms with E-state index in [0.717, 1.165) is 22.3 Å². The number of nitrogens with zero attached hydrogens (tertiary/aromatic N) is 1. The summed E-state index contributed by atoms with van der Waals surface area (Å²) in [5.74, 6) is 0.586. The molecule has 1 aliphatic rings. The summed E-state index contributed by atoms with van der Waals surface area (Å²) in [5.41, 5.74) is 25.7. The van der Waals surface area contributed by atoms with E-state index in [1.807, 2.05) is 30.3 Å². The van der Waals surface area contributed by atoms with Gasteiger partial charge < -0.3 is 21.9 Å². The lowest BCUT2D eigenvalue weighted by molar-refractivity contribution is 0.417. The van der Waals surface area contributed by atoms with E-state index < -0.39 is 0 Å². The standard InChI is InChI=1S/C15H15N5OS/c1-21-13-6-11-9(5-12(13)17)8-3-2-7(16)4-10(8)14(11)19-20-15(18)22/h2-6H,16-17H2,1H3,(H3,18,20,22)/b19-14-. The highest BCUT2D eigenvalue weighted by Gasteiger charge is 2.27. The maximum atomic E-state index is 6.01. The van der Waals surface area contributed by atoms with Crippen LogP contribution in [0, 0.1) is 0 Å². The van der Waals surface area contributed by atoms with Crippen LogP contribution in [0.4, 0.5) is 11.4 Å². The molecule has 0 radical (unpaired) electrons. The van der Waals surface area contributed by atoms with Gasteiger partial charge in [0, 0.05) is 16.8 Å². The van der Waals surface area contributed by atoms with Crippen molar-refractivity contribution < 1.29 is 4.74 Å². The van der Waals surface area contributed by atoms with E-state index in [1.165, 1.54) is 0 Å². The molecule has 2 aromatic rings. The van der Waals surface area contributed by atoms with Crippen LogP contribution in [0.25, 0.3) is 11.1 Å². The lowest BCUT2D eigenvalue weighted by Gasteiger charge is -2.08. The summed E-state index contributed by atoms with van der Waals surface area (Å²) in [4.78, 5) is 0. The fourth-order valence-electron chi connectivity index (χ4n) is 2.56. The summed E-state index contributed by atoms with van der Waals surface area (Å²) in [6.45, 7) is 0. The van der Waals surface area contributed by atoms with E-state index in [9.17, 15) is 0 Å². The van der Waals surface area contributed by atoms with E-state index in [1.54, 1.807) is 7.11 Å². The second-order valence-corrected chi connectivity index (χ2v) is 5.32. The first-order chi connectivity index (χ1) is 10.5. The summed E-state index contributed by atoms with van der Waals surface area (Å²) in [6.07, 6.45) is 0. The average Bonchev–Trinajstić information content (AvgIpc) is 2.76. The molecule has 2 aromatic carbocycles. The molecule has 6 nitrogen and oxygen atoms in total. The number of ether oxygens (including phenoxy) is 1. The number of hydrazone groups is 1. The van der Waals surface area contributed by atoms with Crippen molar-refractivity contribution in [1.29, 1.82) is 0 Å². The summed E-state index contributed by atoms with van der Waals surface area (Å²) in [6, 6.07) is 9.36. The second kappa shape index (κ2) is 5.19. The van der Waals surface area contributed by atoms with Gasteiger partial charge in [0.2, 0.25) is 0 Å². The Bertz CT molecular complexity index is 816. The molecule has 0 spiro atoms. The van der Waals surface area contributed by atoms with Gasteiger partial charge in [-0.15, -0.1) is 0 Å². The Hall–Kier alpha value is -2.80. The molecule has 0 aromatic heterocycles. The molecule has 22 heavy (non-hydrogen) atoms. The minimum atomic E-state index is 0.0915. The quantitative estimate of drug-likeness (QED) is 0.323. The van der Waals surface area contributed by atoms with Crippen molar-refractivity contribution in [2.45, 2.75) is 0 Å². The van der Waals surface area contributed by atoms with Crippen LogP contribution in [0.5, 0.6) is 5.75 Å². The molecule has 0 saturated heterocycles. The number of nitrogen functional groups attached to an aromatic ring is 2. The number of thiocarbonyl (C=S) groups is 1. The van der Waals surface area contributed by atoms with E-state index in [-0.39, 0.29) is 5.11 Å². The lowest BCUT2D eigenvalue weighted by Crippen LogP contribution is -2.25. The zero-order valence-corrected chi connectivity index (χ0v) is 12.7. The van der Waals surface area contributed by atoms with Gasteiger partial charge in [0.05, 0.1) is 18.5 Å². The van der Waals surface area contributed by atoms with Crippen molar-refractivity contribution in [2.24, 2.45) is 10.8 Å². The molecule has 0 fully saturated rings. The number of methoxy groups -OCH3 is 1. The molecule has 0 heterocycles. The number of nitrogens with two attached hydrogens (primary N) is 3. The minimum Gasteiger partial charge on any atom is -0.495 e. The average molecular weight is 313 g/mol. The Morgan fingerprint density at radius 3 is 2.50 bits per heavy atom. The first-order valence-corrected chi connectivity index (χ1v) is 6.93. The van der Waals surface area contributed by atoms with E-state index in [2.05, 4.69) is 10.5 Å². The number of rotatable bonds is 2. The molecule has 0 atom stereocenters. The Kier molecular flexibility index (Phi) is 3.34. The van der Waals surface area contributed by atoms with Crippen LogP contribution in [0.2, 0.25) is 0 Å². The van der Waals surface area contributed by atoms with Crippen LogP contribution in [0.3, 0.4) is 0 Å². The predicted molar refractivity (Wildman–Crippen MR) is 92.8 cm³/mol. The maximum Gasteiger partial charge on any atom is 0.184 e. The van der Waals surface area contributed by atoms with Gasteiger partial charge in [0.15, 0.2) is 5.11 Å². The largest absolute Gasteiger partial charge is 0.495 e. The van der Waals surface area contributed by atoms with Crippen molar-refractivity contribution in [3.8, 4) is 16.9 Å². The van der Waals surface area contributed by atoms with Crippen molar-refractivity contribution in [3.05, 3.63) is 41.5 Å². The van der Waals surface area contributed by atoms with E-state index in [4.69, 9.17) is 34.2 Å². The van der Waals surface area contributed by atoms with Gasteiger partial charge in [-0.1, -0.05) is 6.07 Å². The molecule has 0 bridgehead atoms. The van der Waals surface area contributed by atoms with Gasteiger partial charge in [0.1, 0.15) is 5.75 Å². The fourth-order valence-corrected chi connectivity index (χ4v) is 2.61. The van der Waals surface area contributed by atoms with E-state index >= 15 is 0 Å². The smallest absolute Gasteiger partial charge is 0.184 e. The van der Waals surface area contributed by atoms with Gasteiger partial charge in [-0.3, -0.25) is 5.43 Å². The van der Waals surface area contributed by atoms with Crippen LogP contribution in [0.1, 0.15) is 11.1 Å². The van der Waals surface area contributed by atoms with Gasteiger partial charge >= 0.3 is 0 Å². The van der Waals surface area contributed by atoms with E-state index in [0.29, 0.717) is 22.8 Å². The minimum absolute atomic E-state index is 0.0915. The number of benzene rings is 2. The van der Waals surface area contributed by atoms with Crippen molar-refractivity contribution in [1.82, 2.24) is 5.43 Å². The Labute approximate surface area is 132 Å². The summed E-state index contributed by atoms with van der Waals surface area (Å²) in [5, 5.41) is 4.39. The molecule has 112 valence electrons. The first-order valence-electron chi connectivity index (χ1n) is 6.52. The van der Waals surface area contributed by atoms with Gasteiger partial charge in [0.25, 0.3) is 0 Å². The van der Waals surface area contributed by atoms with Gasteiger partial charge in [-0.05, 0) is 47.6 Å². The zero-order valence-electron chi connectivity index (χ0n) is 11.9. The van der Waals surface area contributed by atoms with Crippen LogP contribution in [0.15, 0.2) is 35.4 Å². The number of nitrogens with one attached hydrogen (secondary N) is 1. The molecule has 3 rings (SSSR count). The molecule has 7 N–H and O–H groups in total. The van der Waals surface area contributed by atoms with Crippen LogP contribution < -0.4 is 27.4 Å². The summed E-state index contributed by atoms with van der Waals surface area (Å²) >= 11 is 4.81. The molecular weight excluding hydrogens is 298 g/mol.